The van der Waals surface area contributed by atoms with E-state index in [1.54, 1.807) is 0 Å². The molecule has 128 valence electrons. The van der Waals surface area contributed by atoms with Crippen LogP contribution in [0.4, 0.5) is 0 Å². The third kappa shape index (κ3) is 3.70. The van der Waals surface area contributed by atoms with Gasteiger partial charge in [0.2, 0.25) is 0 Å². The van der Waals surface area contributed by atoms with Crippen LogP contribution in [-0.2, 0) is 11.3 Å². The number of nitrogens with zero attached hydrogens (tertiary/aromatic N) is 1. The van der Waals surface area contributed by atoms with Crippen LogP contribution in [0, 0.1) is 6.92 Å². The number of nitrogens with one attached hydrogen (secondary N) is 1. The van der Waals surface area contributed by atoms with Crippen LogP contribution in [0.2, 0.25) is 0 Å². The van der Waals surface area contributed by atoms with Crippen LogP contribution in [0.1, 0.15) is 16.7 Å². The van der Waals surface area contributed by atoms with Gasteiger partial charge in [0.05, 0.1) is 11.4 Å². The Morgan fingerprint density at radius 3 is 2.58 bits per heavy atom. The van der Waals surface area contributed by atoms with E-state index in [0.29, 0.717) is 16.6 Å². The van der Waals surface area contributed by atoms with E-state index in [0.717, 1.165) is 11.1 Å². The van der Waals surface area contributed by atoms with Crippen molar-refractivity contribution in [2.45, 2.75) is 13.5 Å². The molecule has 1 heterocycles. The van der Waals surface area contributed by atoms with Gasteiger partial charge in [-0.05, 0) is 52.7 Å². The van der Waals surface area contributed by atoms with Gasteiger partial charge in [0.1, 0.15) is 0 Å². The summed E-state index contributed by atoms with van der Waals surface area (Å²) in [6, 6.07) is 22.7. The quantitative estimate of drug-likeness (QED) is 0.676. The largest absolute Gasteiger partial charge is 0.301 e. The Labute approximate surface area is 156 Å². The molecule has 0 unspecified atom stereocenters. The smallest absolute Gasteiger partial charge is 0.264 e. The van der Waals surface area contributed by atoms with E-state index in [1.807, 2.05) is 24.3 Å². The van der Waals surface area contributed by atoms with Crippen molar-refractivity contribution in [3.63, 3.8) is 0 Å². The van der Waals surface area contributed by atoms with Gasteiger partial charge in [-0.15, -0.1) is 0 Å². The number of benzene rings is 3. The molecule has 0 radical (unpaired) electrons. The number of hydrogen-bond acceptors (Lipinski definition) is 3. The fourth-order valence-corrected chi connectivity index (χ4v) is 3.63. The summed E-state index contributed by atoms with van der Waals surface area (Å²) in [5, 5.41) is 5.86. The number of thioether (sulfide) groups is 1. The average Bonchev–Trinajstić information content (AvgIpc) is 3.01. The minimum absolute atomic E-state index is 0.0918. The van der Waals surface area contributed by atoms with Crippen molar-refractivity contribution in [3.8, 4) is 0 Å². The van der Waals surface area contributed by atoms with Crippen LogP contribution >= 0.6 is 11.8 Å². The van der Waals surface area contributed by atoms with Gasteiger partial charge in [0.25, 0.3) is 5.91 Å². The van der Waals surface area contributed by atoms with Gasteiger partial charge in [-0.2, -0.15) is 0 Å². The number of rotatable bonds is 3. The number of fused-ring (bicyclic) bond motifs is 1. The van der Waals surface area contributed by atoms with Gasteiger partial charge >= 0.3 is 0 Å². The maximum atomic E-state index is 12.2. The highest BCUT2D eigenvalue weighted by molar-refractivity contribution is 8.18. The third-order valence-corrected chi connectivity index (χ3v) is 5.20. The van der Waals surface area contributed by atoms with E-state index in [2.05, 4.69) is 65.8 Å². The molecule has 4 heteroatoms. The molecule has 0 bridgehead atoms. The van der Waals surface area contributed by atoms with Crippen LogP contribution in [-0.4, -0.2) is 11.1 Å². The van der Waals surface area contributed by atoms with Gasteiger partial charge in [0.15, 0.2) is 5.17 Å². The maximum absolute atomic E-state index is 12.2. The first kappa shape index (κ1) is 16.6. The topological polar surface area (TPSA) is 41.5 Å². The fourth-order valence-electron chi connectivity index (χ4n) is 2.81. The van der Waals surface area contributed by atoms with E-state index in [9.17, 15) is 4.79 Å². The van der Waals surface area contributed by atoms with Crippen molar-refractivity contribution >= 4 is 39.7 Å². The molecule has 1 N–H and O–H groups in total. The van der Waals surface area contributed by atoms with Gasteiger partial charge in [-0.1, -0.05) is 66.2 Å². The molecule has 0 aliphatic carbocycles. The van der Waals surface area contributed by atoms with E-state index in [4.69, 9.17) is 0 Å². The molecule has 1 amide bonds. The first-order valence-corrected chi connectivity index (χ1v) is 9.29. The third-order valence-electron chi connectivity index (χ3n) is 4.25. The maximum Gasteiger partial charge on any atom is 0.264 e. The zero-order chi connectivity index (χ0) is 17.9. The first-order valence-electron chi connectivity index (χ1n) is 8.47. The molecule has 1 aliphatic heterocycles. The standard InChI is InChI=1S/C22H18N2OS/c1-15-6-8-16(9-7-15)14-23-22-24-21(25)20(26-22)13-17-10-11-18-4-2-3-5-19(18)12-17/h2-13H,14H2,1H3,(H,23,24,25)/b20-13-. The summed E-state index contributed by atoms with van der Waals surface area (Å²) in [4.78, 5) is 17.4. The van der Waals surface area contributed by atoms with Crippen molar-refractivity contribution < 1.29 is 4.79 Å². The molecular formula is C22H18N2OS. The van der Waals surface area contributed by atoms with Gasteiger partial charge in [-0.3, -0.25) is 9.79 Å². The lowest BCUT2D eigenvalue weighted by molar-refractivity contribution is -0.115. The second-order valence-electron chi connectivity index (χ2n) is 6.28. The van der Waals surface area contributed by atoms with Crippen LogP contribution in [0.25, 0.3) is 16.8 Å². The van der Waals surface area contributed by atoms with Crippen molar-refractivity contribution in [2.75, 3.05) is 0 Å². The number of hydrogen-bond donors (Lipinski definition) is 1. The Balaban J connectivity index is 1.52. The Morgan fingerprint density at radius 1 is 1.00 bits per heavy atom. The summed E-state index contributed by atoms with van der Waals surface area (Å²) in [5.41, 5.74) is 3.37. The predicted octanol–water partition coefficient (Wildman–Crippen LogP) is 4.91. The van der Waals surface area contributed by atoms with Crippen LogP contribution in [0.3, 0.4) is 0 Å². The Morgan fingerprint density at radius 2 is 1.77 bits per heavy atom. The number of aliphatic imine (C=N–C) groups is 1. The second kappa shape index (κ2) is 7.18. The summed E-state index contributed by atoms with van der Waals surface area (Å²) in [6.07, 6.45) is 1.92. The number of carbonyl (C=O) groups excluding carboxylic acids is 1. The van der Waals surface area contributed by atoms with E-state index < -0.39 is 0 Å². The molecule has 1 aliphatic rings. The molecule has 26 heavy (non-hydrogen) atoms. The summed E-state index contributed by atoms with van der Waals surface area (Å²) < 4.78 is 0. The highest BCUT2D eigenvalue weighted by atomic mass is 32.2. The minimum atomic E-state index is -0.0918. The second-order valence-corrected chi connectivity index (χ2v) is 7.31. The van der Waals surface area contributed by atoms with Crippen LogP contribution in [0.5, 0.6) is 0 Å². The molecule has 4 rings (SSSR count). The van der Waals surface area contributed by atoms with Gasteiger partial charge in [0, 0.05) is 0 Å². The molecule has 0 spiro atoms. The fraction of sp³-hybridized carbons (Fsp3) is 0.0909. The van der Waals surface area contributed by atoms with E-state index in [-0.39, 0.29) is 5.91 Å². The van der Waals surface area contributed by atoms with E-state index in [1.165, 1.54) is 28.1 Å². The Bertz CT molecular complexity index is 1040. The SMILES string of the molecule is Cc1ccc(CN=C2NC(=O)/C(=C/c3ccc4ccccc4c3)S2)cc1. The highest BCUT2D eigenvalue weighted by Crippen LogP contribution is 2.27. The molecule has 0 saturated carbocycles. The predicted molar refractivity (Wildman–Crippen MR) is 110 cm³/mol. The summed E-state index contributed by atoms with van der Waals surface area (Å²) in [6.45, 7) is 2.62. The van der Waals surface area contributed by atoms with Crippen LogP contribution in [0.15, 0.2) is 76.6 Å². The minimum Gasteiger partial charge on any atom is -0.301 e. The zero-order valence-electron chi connectivity index (χ0n) is 14.4. The summed E-state index contributed by atoms with van der Waals surface area (Å²) >= 11 is 1.39. The number of amides is 1. The average molecular weight is 358 g/mol. The molecule has 0 atom stereocenters. The molecule has 3 aromatic carbocycles. The van der Waals surface area contributed by atoms with Gasteiger partial charge < -0.3 is 5.32 Å². The normalized spacial score (nSPS) is 17.2. The Hall–Kier alpha value is -2.85. The molecule has 3 nitrogen and oxygen atoms in total. The summed E-state index contributed by atoms with van der Waals surface area (Å²) in [7, 11) is 0. The number of amidine groups is 1. The van der Waals surface area contributed by atoms with Crippen molar-refractivity contribution in [2.24, 2.45) is 4.99 Å². The molecular weight excluding hydrogens is 340 g/mol. The zero-order valence-corrected chi connectivity index (χ0v) is 15.2. The monoisotopic (exact) mass is 358 g/mol. The van der Waals surface area contributed by atoms with E-state index >= 15 is 0 Å². The lowest BCUT2D eigenvalue weighted by Crippen LogP contribution is -2.19. The van der Waals surface area contributed by atoms with Crippen molar-refractivity contribution in [3.05, 3.63) is 88.3 Å². The van der Waals surface area contributed by atoms with Crippen LogP contribution < -0.4 is 5.32 Å². The lowest BCUT2D eigenvalue weighted by atomic mass is 10.1. The molecule has 1 fully saturated rings. The van der Waals surface area contributed by atoms with Crippen molar-refractivity contribution in [1.82, 2.24) is 5.32 Å². The first-order chi connectivity index (χ1) is 12.7. The highest BCUT2D eigenvalue weighted by Gasteiger charge is 2.23. The van der Waals surface area contributed by atoms with Gasteiger partial charge in [-0.25, -0.2) is 0 Å². The molecule has 0 aromatic heterocycles. The Kier molecular flexibility index (Phi) is 4.59. The lowest BCUT2D eigenvalue weighted by Gasteiger charge is -2.00. The van der Waals surface area contributed by atoms with Crippen molar-refractivity contribution in [1.29, 1.82) is 0 Å². The number of aryl methyl sites for hydroxylation is 1. The number of carbonyl (C=O) groups is 1. The summed E-state index contributed by atoms with van der Waals surface area (Å²) in [5.74, 6) is -0.0918. The molecule has 3 aromatic rings. The molecule has 1 saturated heterocycles.